The number of nitrogen functional groups attached to an aromatic ring is 2. The van der Waals surface area contributed by atoms with Gasteiger partial charge >= 0.3 is 0 Å². The second-order valence-corrected chi connectivity index (χ2v) is 8.43. The molecule has 0 heterocycles. The molecule has 39 heavy (non-hydrogen) atoms. The fraction of sp³-hybridized carbons (Fsp3) is 0.100. The molecule has 0 bridgehead atoms. The number of hydrogen-bond donors (Lipinski definition) is 5. The Bertz CT molecular complexity index is 1360. The van der Waals surface area contributed by atoms with Crippen molar-refractivity contribution in [3.63, 3.8) is 0 Å². The first-order valence-corrected chi connectivity index (χ1v) is 12.2. The summed E-state index contributed by atoms with van der Waals surface area (Å²) < 4.78 is 0. The van der Waals surface area contributed by atoms with Crippen molar-refractivity contribution in [1.82, 2.24) is 0 Å². The van der Waals surface area contributed by atoms with Gasteiger partial charge in [-0.1, -0.05) is 36.4 Å². The molecule has 0 aliphatic carbocycles. The monoisotopic (exact) mass is 524 g/mol. The predicted octanol–water partition coefficient (Wildman–Crippen LogP) is 4.48. The van der Waals surface area contributed by atoms with Crippen molar-refractivity contribution < 1.29 is 14.4 Å². The third-order valence-corrected chi connectivity index (χ3v) is 5.57. The molecular formula is C30H32N6O3. The van der Waals surface area contributed by atoms with Crippen LogP contribution in [0.1, 0.15) is 10.4 Å². The molecule has 0 atom stereocenters. The van der Waals surface area contributed by atoms with Gasteiger partial charge in [-0.05, 0) is 66.7 Å². The normalized spacial score (nSPS) is 9.87. The quantitative estimate of drug-likeness (QED) is 0.161. The molecule has 0 saturated carbocycles. The van der Waals surface area contributed by atoms with Crippen molar-refractivity contribution in [3.8, 4) is 0 Å². The zero-order chi connectivity index (χ0) is 28.0. The van der Waals surface area contributed by atoms with Gasteiger partial charge in [-0.25, -0.2) is 0 Å². The SMILES string of the molecule is CNc1ccccc1.Nc1ccc(N)c(NC(=O)c2ccc(N(CC=O)CC(=O)Nc3ccccc3)cc2)c1. The molecular weight excluding hydrogens is 492 g/mol. The van der Waals surface area contributed by atoms with Gasteiger partial charge in [-0.2, -0.15) is 0 Å². The summed E-state index contributed by atoms with van der Waals surface area (Å²) in [7, 11) is 1.91. The van der Waals surface area contributed by atoms with Crippen molar-refractivity contribution >= 4 is 52.2 Å². The van der Waals surface area contributed by atoms with Crippen LogP contribution in [0, 0.1) is 0 Å². The summed E-state index contributed by atoms with van der Waals surface area (Å²) >= 11 is 0. The molecule has 9 nitrogen and oxygen atoms in total. The minimum Gasteiger partial charge on any atom is -0.399 e. The average molecular weight is 525 g/mol. The van der Waals surface area contributed by atoms with Crippen LogP contribution in [-0.2, 0) is 9.59 Å². The van der Waals surface area contributed by atoms with E-state index in [1.54, 1.807) is 59.5 Å². The van der Waals surface area contributed by atoms with Gasteiger partial charge in [0.15, 0.2) is 0 Å². The molecule has 200 valence electrons. The lowest BCUT2D eigenvalue weighted by Crippen LogP contribution is -2.34. The molecule has 4 rings (SSSR count). The average Bonchev–Trinajstić information content (AvgIpc) is 2.96. The van der Waals surface area contributed by atoms with E-state index in [9.17, 15) is 14.4 Å². The summed E-state index contributed by atoms with van der Waals surface area (Å²) in [5.74, 6) is -0.611. The lowest BCUT2D eigenvalue weighted by Gasteiger charge is -2.22. The molecule has 7 N–H and O–H groups in total. The summed E-state index contributed by atoms with van der Waals surface area (Å²) in [6.45, 7) is 0.0204. The highest BCUT2D eigenvalue weighted by molar-refractivity contribution is 6.06. The molecule has 0 unspecified atom stereocenters. The summed E-state index contributed by atoms with van der Waals surface area (Å²) in [5.41, 5.74) is 15.8. The van der Waals surface area contributed by atoms with Gasteiger partial charge in [-0.3, -0.25) is 9.59 Å². The number of carbonyl (C=O) groups is 3. The Morgan fingerprint density at radius 2 is 1.41 bits per heavy atom. The number of benzene rings is 4. The highest BCUT2D eigenvalue weighted by Crippen LogP contribution is 2.22. The first-order chi connectivity index (χ1) is 18.9. The van der Waals surface area contributed by atoms with E-state index in [4.69, 9.17) is 11.5 Å². The van der Waals surface area contributed by atoms with Crippen LogP contribution in [0.2, 0.25) is 0 Å². The number of para-hydroxylation sites is 2. The van der Waals surface area contributed by atoms with Crippen LogP contribution >= 0.6 is 0 Å². The number of anilines is 6. The third-order valence-electron chi connectivity index (χ3n) is 5.57. The predicted molar refractivity (Wildman–Crippen MR) is 159 cm³/mol. The number of rotatable bonds is 9. The summed E-state index contributed by atoms with van der Waals surface area (Å²) in [6, 6.07) is 30.5. The minimum absolute atomic E-state index is 0.0149. The summed E-state index contributed by atoms with van der Waals surface area (Å²) in [4.78, 5) is 37.6. The van der Waals surface area contributed by atoms with Crippen molar-refractivity contribution in [3.05, 3.63) is 109 Å². The molecule has 9 heteroatoms. The fourth-order valence-electron chi connectivity index (χ4n) is 3.55. The van der Waals surface area contributed by atoms with Crippen molar-refractivity contribution in [2.45, 2.75) is 0 Å². The number of amides is 2. The topological polar surface area (TPSA) is 143 Å². The maximum atomic E-state index is 12.5. The van der Waals surface area contributed by atoms with Gasteiger partial charge in [-0.15, -0.1) is 0 Å². The zero-order valence-corrected chi connectivity index (χ0v) is 21.6. The van der Waals surface area contributed by atoms with E-state index >= 15 is 0 Å². The van der Waals surface area contributed by atoms with Gasteiger partial charge in [0, 0.05) is 35.4 Å². The Hall–Kier alpha value is -5.31. The fourth-order valence-corrected chi connectivity index (χ4v) is 3.55. The van der Waals surface area contributed by atoms with E-state index in [1.807, 2.05) is 55.6 Å². The molecule has 0 radical (unpaired) electrons. The highest BCUT2D eigenvalue weighted by Gasteiger charge is 2.14. The minimum atomic E-state index is -0.354. The molecule has 4 aromatic carbocycles. The van der Waals surface area contributed by atoms with E-state index in [-0.39, 0.29) is 24.9 Å². The summed E-state index contributed by atoms with van der Waals surface area (Å²) in [6.07, 6.45) is 0.721. The molecule has 0 aliphatic heterocycles. The van der Waals surface area contributed by atoms with Crippen LogP contribution in [0.4, 0.5) is 34.1 Å². The van der Waals surface area contributed by atoms with Crippen LogP contribution < -0.4 is 32.3 Å². The Labute approximate surface area is 227 Å². The molecule has 0 aromatic heterocycles. The van der Waals surface area contributed by atoms with Crippen LogP contribution in [0.25, 0.3) is 0 Å². The van der Waals surface area contributed by atoms with Gasteiger partial charge in [0.25, 0.3) is 5.91 Å². The lowest BCUT2D eigenvalue weighted by atomic mass is 10.1. The van der Waals surface area contributed by atoms with E-state index in [0.29, 0.717) is 34.0 Å². The Morgan fingerprint density at radius 3 is 1.97 bits per heavy atom. The molecule has 0 fully saturated rings. The van der Waals surface area contributed by atoms with E-state index in [2.05, 4.69) is 16.0 Å². The Morgan fingerprint density at radius 1 is 0.795 bits per heavy atom. The molecule has 2 amide bonds. The molecule has 4 aromatic rings. The number of nitrogens with two attached hydrogens (primary N) is 2. The van der Waals surface area contributed by atoms with Crippen LogP contribution in [0.5, 0.6) is 0 Å². The van der Waals surface area contributed by atoms with Crippen LogP contribution in [0.15, 0.2) is 103 Å². The second-order valence-electron chi connectivity index (χ2n) is 8.43. The Balaban J connectivity index is 0.000000449. The second kappa shape index (κ2) is 14.4. The molecule has 0 spiro atoms. The van der Waals surface area contributed by atoms with Gasteiger partial charge in [0.05, 0.1) is 24.5 Å². The van der Waals surface area contributed by atoms with Crippen molar-refractivity contribution in [2.24, 2.45) is 0 Å². The Kier molecular flexibility index (Phi) is 10.5. The maximum absolute atomic E-state index is 12.5. The molecule has 0 saturated heterocycles. The van der Waals surface area contributed by atoms with Crippen molar-refractivity contribution in [1.29, 1.82) is 0 Å². The third kappa shape index (κ3) is 8.94. The number of carbonyl (C=O) groups excluding carboxylic acids is 3. The first-order valence-electron chi connectivity index (χ1n) is 12.2. The number of nitrogens with zero attached hydrogens (tertiary/aromatic N) is 1. The largest absolute Gasteiger partial charge is 0.399 e. The first kappa shape index (κ1) is 28.3. The van der Waals surface area contributed by atoms with Gasteiger partial charge < -0.3 is 37.1 Å². The van der Waals surface area contributed by atoms with Gasteiger partial charge in [0.2, 0.25) is 5.91 Å². The van der Waals surface area contributed by atoms with Gasteiger partial charge in [0.1, 0.15) is 6.29 Å². The standard InChI is InChI=1S/C23H23N5O3.C7H9N/c24-17-8-11-20(25)21(14-17)27-23(31)16-6-9-19(10-7-16)28(12-13-29)15-22(30)26-18-4-2-1-3-5-18;1-8-7-5-3-2-4-6-7/h1-11,13-14H,12,15,24-25H2,(H,26,30)(H,27,31);2-6,8H,1H3. The van der Waals surface area contributed by atoms with Crippen LogP contribution in [-0.4, -0.2) is 38.2 Å². The lowest BCUT2D eigenvalue weighted by molar-refractivity contribution is -0.115. The number of aldehydes is 1. The van der Waals surface area contributed by atoms with E-state index in [0.717, 1.165) is 12.0 Å². The smallest absolute Gasteiger partial charge is 0.255 e. The highest BCUT2D eigenvalue weighted by atomic mass is 16.2. The summed E-state index contributed by atoms with van der Waals surface area (Å²) in [5, 5.41) is 8.53. The van der Waals surface area contributed by atoms with E-state index < -0.39 is 0 Å². The van der Waals surface area contributed by atoms with Crippen LogP contribution in [0.3, 0.4) is 0 Å². The number of nitrogens with one attached hydrogen (secondary N) is 3. The number of hydrogen-bond acceptors (Lipinski definition) is 7. The zero-order valence-electron chi connectivity index (χ0n) is 21.6. The van der Waals surface area contributed by atoms with E-state index in [1.165, 1.54) is 0 Å². The maximum Gasteiger partial charge on any atom is 0.255 e. The van der Waals surface area contributed by atoms with Crippen molar-refractivity contribution in [2.75, 3.05) is 52.5 Å². The molecule has 0 aliphatic rings.